The van der Waals surface area contributed by atoms with Crippen LogP contribution < -0.4 is 15.6 Å². The molecule has 0 saturated carbocycles. The second kappa shape index (κ2) is 10.5. The number of sulfonamides is 1. The van der Waals surface area contributed by atoms with Crippen LogP contribution in [-0.4, -0.2) is 38.0 Å². The number of amidine groups is 1. The third kappa shape index (κ3) is 5.28. The highest BCUT2D eigenvalue weighted by molar-refractivity contribution is 8.23. The Hall–Kier alpha value is -2.85. The van der Waals surface area contributed by atoms with Gasteiger partial charge in [0.2, 0.25) is 0 Å². The van der Waals surface area contributed by atoms with E-state index in [4.69, 9.17) is 23.2 Å². The molecular weight excluding hydrogens is 621 g/mol. The molecule has 1 aliphatic rings. The van der Waals surface area contributed by atoms with Crippen LogP contribution in [0, 0.1) is 5.92 Å². The van der Waals surface area contributed by atoms with E-state index in [0.717, 1.165) is 11.3 Å². The van der Waals surface area contributed by atoms with Gasteiger partial charge >= 0.3 is 0 Å². The van der Waals surface area contributed by atoms with Crippen LogP contribution in [0.4, 0.5) is 11.4 Å². The molecule has 0 atom stereocenters. The molecule has 0 fully saturated rings. The van der Waals surface area contributed by atoms with E-state index < -0.39 is 32.1 Å². The van der Waals surface area contributed by atoms with Gasteiger partial charge in [0, 0.05) is 12.7 Å². The zero-order valence-electron chi connectivity index (χ0n) is 20.9. The van der Waals surface area contributed by atoms with E-state index in [2.05, 4.69) is 19.4 Å². The molecule has 0 spiro atoms. The van der Waals surface area contributed by atoms with Crippen molar-refractivity contribution >= 4 is 83.6 Å². The van der Waals surface area contributed by atoms with Gasteiger partial charge < -0.3 is 10.4 Å². The number of thiophene rings is 1. The lowest BCUT2D eigenvalue weighted by Gasteiger charge is -2.34. The molecule has 1 aliphatic heterocycles. The molecule has 5 rings (SSSR count). The molecule has 4 heterocycles. The number of fused-ring (bicyclic) bond motifs is 2. The number of benzene rings is 1. The smallest absolute Gasteiger partial charge is 0.271 e. The summed E-state index contributed by atoms with van der Waals surface area (Å²) in [6.07, 6.45) is 2.18. The van der Waals surface area contributed by atoms with E-state index in [1.165, 1.54) is 35.0 Å². The molecule has 4 aromatic rings. The molecule has 212 valence electrons. The number of aromatic nitrogens is 2. The minimum Gasteiger partial charge on any atom is -0.506 e. The van der Waals surface area contributed by atoms with Gasteiger partial charge in [-0.1, -0.05) is 47.8 Å². The molecule has 0 aliphatic carbocycles. The van der Waals surface area contributed by atoms with Crippen LogP contribution >= 0.6 is 45.3 Å². The lowest BCUT2D eigenvalue weighted by atomic mass is 10.1. The van der Waals surface area contributed by atoms with E-state index >= 15 is 0 Å². The topological polar surface area (TPSA) is 166 Å². The van der Waals surface area contributed by atoms with Gasteiger partial charge in [-0.2, -0.15) is 0 Å². The largest absolute Gasteiger partial charge is 0.506 e. The first-order chi connectivity index (χ1) is 18.8. The summed E-state index contributed by atoms with van der Waals surface area (Å²) in [5.41, 5.74) is -0.370. The van der Waals surface area contributed by atoms with Crippen molar-refractivity contribution in [1.82, 2.24) is 9.55 Å². The highest BCUT2D eigenvalue weighted by atomic mass is 35.5. The van der Waals surface area contributed by atoms with E-state index in [0.29, 0.717) is 24.0 Å². The van der Waals surface area contributed by atoms with Crippen LogP contribution in [-0.2, 0) is 16.6 Å². The Morgan fingerprint density at radius 1 is 1.20 bits per heavy atom. The van der Waals surface area contributed by atoms with Crippen molar-refractivity contribution in [3.05, 3.63) is 67.9 Å². The van der Waals surface area contributed by atoms with Crippen molar-refractivity contribution in [2.75, 3.05) is 10.0 Å². The number of hydrogen-bond acceptors (Lipinski definition) is 10. The maximum atomic E-state index is 13.6. The highest BCUT2D eigenvalue weighted by Gasteiger charge is 2.31. The normalized spacial score (nSPS) is 15.4. The lowest BCUT2D eigenvalue weighted by Crippen LogP contribution is -2.32. The summed E-state index contributed by atoms with van der Waals surface area (Å²) in [6, 6.07) is 8.44. The molecule has 0 saturated heterocycles. The minimum absolute atomic E-state index is 0.0236. The number of aromatic hydroxyl groups is 1. The molecule has 5 N–H and O–H groups in total. The third-order valence-corrected chi connectivity index (χ3v) is 11.1. The van der Waals surface area contributed by atoms with Crippen LogP contribution in [0.15, 0.2) is 60.9 Å². The summed E-state index contributed by atoms with van der Waals surface area (Å²) in [4.78, 5) is 17.8. The molecule has 16 heteroatoms. The fraction of sp³-hybridized carbons (Fsp3) is 0.208. The molecule has 11 nitrogen and oxygen atoms in total. The summed E-state index contributed by atoms with van der Waals surface area (Å²) in [6.45, 7) is 4.35. The van der Waals surface area contributed by atoms with Crippen molar-refractivity contribution in [3.63, 3.8) is 0 Å². The van der Waals surface area contributed by atoms with Gasteiger partial charge in [0.15, 0.2) is 5.84 Å². The Kier molecular flexibility index (Phi) is 7.54. The molecule has 3 aromatic heterocycles. The number of pyridine rings is 2. The predicted octanol–water partition coefficient (Wildman–Crippen LogP) is 6.21. The van der Waals surface area contributed by atoms with Gasteiger partial charge in [-0.05, 0) is 48.7 Å². The number of halogens is 2. The SMILES string of the molecule is CC(C)CCn1c(=O)c(C2=NS(O)(O)c3cc(NS(=O)(=O)c4cc(Cl)c(Cl)s4)ccc3N2)c(O)c2cccnc21. The number of hydrogen-bond donors (Lipinski definition) is 5. The Morgan fingerprint density at radius 2 is 1.95 bits per heavy atom. The minimum atomic E-state index is -4.07. The molecule has 0 radical (unpaired) electrons. The highest BCUT2D eigenvalue weighted by Crippen LogP contribution is 2.56. The fourth-order valence-corrected chi connectivity index (χ4v) is 8.21. The molecule has 1 aromatic carbocycles. The van der Waals surface area contributed by atoms with E-state index in [1.807, 2.05) is 13.8 Å². The van der Waals surface area contributed by atoms with Crippen LogP contribution in [0.2, 0.25) is 9.36 Å². The maximum Gasteiger partial charge on any atom is 0.271 e. The lowest BCUT2D eigenvalue weighted by molar-refractivity contribution is 0.473. The van der Waals surface area contributed by atoms with Crippen LogP contribution in [0.1, 0.15) is 25.8 Å². The number of aryl methyl sites for hydroxylation is 1. The van der Waals surface area contributed by atoms with Crippen LogP contribution in [0.5, 0.6) is 5.75 Å². The summed E-state index contributed by atoms with van der Waals surface area (Å²) in [7, 11) is -8.01. The van der Waals surface area contributed by atoms with E-state index in [1.54, 1.807) is 12.1 Å². The second-order valence-electron chi connectivity index (χ2n) is 9.32. The van der Waals surface area contributed by atoms with E-state index in [-0.39, 0.29) is 47.2 Å². The van der Waals surface area contributed by atoms with Crippen molar-refractivity contribution in [3.8, 4) is 5.75 Å². The number of nitrogens with one attached hydrogen (secondary N) is 2. The number of rotatable bonds is 7. The van der Waals surface area contributed by atoms with E-state index in [9.17, 15) is 27.4 Å². The first-order valence-corrected chi connectivity index (χ1v) is 16.3. The van der Waals surface area contributed by atoms with Gasteiger partial charge in [0.25, 0.3) is 15.6 Å². The summed E-state index contributed by atoms with van der Waals surface area (Å²) < 4.78 is 55.3. The number of nitrogens with zero attached hydrogens (tertiary/aromatic N) is 3. The van der Waals surface area contributed by atoms with Gasteiger partial charge in [0.05, 0.1) is 21.8 Å². The molecule has 0 bridgehead atoms. The first kappa shape index (κ1) is 28.7. The quantitative estimate of drug-likeness (QED) is 0.158. The molecule has 0 unspecified atom stereocenters. The monoisotopic (exact) mass is 643 g/mol. The maximum absolute atomic E-state index is 13.6. The average molecular weight is 645 g/mol. The Labute approximate surface area is 244 Å². The third-order valence-electron chi connectivity index (χ3n) is 6.05. The number of anilines is 2. The second-order valence-corrected chi connectivity index (χ2v) is 15.0. The van der Waals surface area contributed by atoms with Crippen molar-refractivity contribution < 1.29 is 22.6 Å². The van der Waals surface area contributed by atoms with Crippen molar-refractivity contribution in [2.24, 2.45) is 10.3 Å². The van der Waals surface area contributed by atoms with Crippen LogP contribution in [0.3, 0.4) is 0 Å². The first-order valence-electron chi connectivity index (χ1n) is 11.8. The molecule has 0 amide bonds. The fourth-order valence-electron chi connectivity index (χ4n) is 4.09. The molecular formula is C24H23Cl2N5O6S3. The standard InChI is InChI=1S/C24H23Cl2N5O6S3/c1-12(2)7-9-31-23-14(4-3-8-27-23)20(32)19(24(31)33)22-28-16-6-5-13(10-17(16)39(34,35)30-22)29-40(36,37)18-11-15(25)21(26)38-18/h3-6,8,10-12,29,32,34-35H,7,9H2,1-2H3,(H,28,30). The van der Waals surface area contributed by atoms with Crippen LogP contribution in [0.25, 0.3) is 11.0 Å². The van der Waals surface area contributed by atoms with Gasteiger partial charge in [-0.3, -0.25) is 23.2 Å². The van der Waals surface area contributed by atoms with Gasteiger partial charge in [-0.15, -0.1) is 15.7 Å². The zero-order valence-corrected chi connectivity index (χ0v) is 24.9. The Balaban J connectivity index is 1.55. The molecule has 40 heavy (non-hydrogen) atoms. The predicted molar refractivity (Wildman–Crippen MR) is 160 cm³/mol. The zero-order chi connectivity index (χ0) is 29.0. The average Bonchev–Trinajstić information content (AvgIpc) is 3.23. The van der Waals surface area contributed by atoms with Crippen molar-refractivity contribution in [1.29, 1.82) is 0 Å². The summed E-state index contributed by atoms with van der Waals surface area (Å²) >= 11 is 12.6. The summed E-state index contributed by atoms with van der Waals surface area (Å²) in [5.74, 6) is -0.362. The Bertz CT molecular complexity index is 1830. The van der Waals surface area contributed by atoms with Gasteiger partial charge in [-0.25, -0.2) is 13.4 Å². The van der Waals surface area contributed by atoms with Crippen molar-refractivity contribution in [2.45, 2.75) is 35.9 Å². The van der Waals surface area contributed by atoms with Gasteiger partial charge in [0.1, 0.15) is 30.4 Å². The Morgan fingerprint density at radius 3 is 2.62 bits per heavy atom. The summed E-state index contributed by atoms with van der Waals surface area (Å²) in [5, 5.41) is 14.4.